The maximum absolute atomic E-state index is 14.6. The molecule has 0 radical (unpaired) electrons. The Morgan fingerprint density at radius 1 is 0.506 bits per heavy atom. The van der Waals surface area contributed by atoms with E-state index in [9.17, 15) is 20.1 Å². The second-order valence-electron chi connectivity index (χ2n) is 27.5. The van der Waals surface area contributed by atoms with Crippen LogP contribution in [0, 0.1) is 23.7 Å². The third-order valence-electron chi connectivity index (χ3n) is 21.9. The summed E-state index contributed by atoms with van der Waals surface area (Å²) >= 11 is 0. The summed E-state index contributed by atoms with van der Waals surface area (Å²) in [7, 11) is 0. The average Bonchev–Trinajstić information content (AvgIpc) is 4.46. The Balaban J connectivity index is 0.655. The molecule has 19 heteroatoms. The lowest BCUT2D eigenvalue weighted by molar-refractivity contribution is -0.347. The fraction of sp³-hybridized carbons (Fsp3) is 0.917. The molecule has 32 atom stereocenters. The summed E-state index contributed by atoms with van der Waals surface area (Å²) in [4.78, 5) is 14.6. The highest BCUT2D eigenvalue weighted by atomic mass is 16.8. The molecule has 3 spiro atoms. The van der Waals surface area contributed by atoms with Gasteiger partial charge in [0.05, 0.1) is 129 Å². The standard InChI is InChI=1S/C60H86O19/c1-26-13-33-7-9-37-27(2)14-35(65-37)11-12-58-23-46-54(78-58)55-56(72-46)57(79-58)53-38(69-55)10-8-34(67-53)16-48(64)73-52-31(6)51-43(68-42(52)17-39(66-33)30(26)5)19-41-45(71-51)22-60(74-41)24-47-50(77-60)29(4)21-59(76-47)20-28(3)49-44(75-59)18-40(70-49)36(63)15-32(62)25-61/h26,28-29,31-47,49-57,61-63H,2,5,7-25H2,1,3-4,6H3/t26-,28-,29-,31+,32-,33+,34+,35-,36-,37-,38-,39-,40+,41+,42-,43-,44+,45+,46-,47-,49-,50-,51-,52+,53-,54-,55+,56+,57+,58+,59+,60-/m0/s1. The van der Waals surface area contributed by atoms with E-state index >= 15 is 0 Å². The van der Waals surface area contributed by atoms with E-state index in [0.29, 0.717) is 64.2 Å². The number of ether oxygens (including phenoxy) is 15. The van der Waals surface area contributed by atoms with Gasteiger partial charge >= 0.3 is 5.97 Å². The first-order chi connectivity index (χ1) is 38.0. The van der Waals surface area contributed by atoms with E-state index in [0.717, 1.165) is 49.7 Å². The van der Waals surface area contributed by atoms with Gasteiger partial charge in [0.15, 0.2) is 17.4 Å². The van der Waals surface area contributed by atoms with Gasteiger partial charge in [0.1, 0.15) is 36.6 Å². The molecule has 19 nitrogen and oxygen atoms in total. The summed E-state index contributed by atoms with van der Waals surface area (Å²) < 4.78 is 104. The van der Waals surface area contributed by atoms with Gasteiger partial charge < -0.3 is 86.4 Å². The molecule has 79 heavy (non-hydrogen) atoms. The van der Waals surface area contributed by atoms with Crippen LogP contribution in [0.3, 0.4) is 0 Å². The Morgan fingerprint density at radius 3 is 2.03 bits per heavy atom. The van der Waals surface area contributed by atoms with Crippen molar-refractivity contribution >= 4 is 5.97 Å². The molecule has 12 bridgehead atoms. The van der Waals surface area contributed by atoms with Crippen molar-refractivity contribution in [2.75, 3.05) is 6.61 Å². The Hall–Kier alpha value is -1.73. The Bertz CT molecular complexity index is 2340. The predicted octanol–water partition coefficient (Wildman–Crippen LogP) is 4.93. The van der Waals surface area contributed by atoms with Crippen molar-refractivity contribution in [2.45, 2.75) is 313 Å². The van der Waals surface area contributed by atoms with Crippen molar-refractivity contribution < 1.29 is 91.2 Å². The van der Waals surface area contributed by atoms with Gasteiger partial charge in [-0.2, -0.15) is 0 Å². The molecule has 16 rings (SSSR count). The van der Waals surface area contributed by atoms with Crippen LogP contribution in [0.2, 0.25) is 0 Å². The molecule has 3 N–H and O–H groups in total. The number of rotatable bonds is 4. The number of aliphatic hydroxyl groups excluding tert-OH is 3. The van der Waals surface area contributed by atoms with E-state index in [4.69, 9.17) is 71.1 Å². The van der Waals surface area contributed by atoms with Crippen LogP contribution < -0.4 is 0 Å². The van der Waals surface area contributed by atoms with Crippen LogP contribution in [0.25, 0.3) is 0 Å². The number of carbonyl (C=O) groups excluding carboxylic acids is 1. The molecule has 0 aromatic rings. The molecule has 440 valence electrons. The highest BCUT2D eigenvalue weighted by Crippen LogP contribution is 2.58. The number of hydrogen-bond donors (Lipinski definition) is 3. The second-order valence-corrected chi connectivity index (χ2v) is 27.5. The second kappa shape index (κ2) is 20.2. The summed E-state index contributed by atoms with van der Waals surface area (Å²) in [5.74, 6) is -2.77. The number of aliphatic hydroxyl groups is 3. The monoisotopic (exact) mass is 1110 g/mol. The minimum Gasteiger partial charge on any atom is -0.459 e. The lowest BCUT2D eigenvalue weighted by Gasteiger charge is -2.50. The molecule has 0 aromatic heterocycles. The van der Waals surface area contributed by atoms with E-state index < -0.39 is 72.8 Å². The topological polar surface area (TPSA) is 216 Å². The molecule has 0 saturated carbocycles. The molecule has 16 saturated heterocycles. The van der Waals surface area contributed by atoms with Crippen LogP contribution >= 0.6 is 0 Å². The minimum absolute atomic E-state index is 0.0143. The van der Waals surface area contributed by atoms with E-state index in [2.05, 4.69) is 40.9 Å². The summed E-state index contributed by atoms with van der Waals surface area (Å²) in [5.41, 5.74) is 2.15. The van der Waals surface area contributed by atoms with Crippen LogP contribution in [0.1, 0.15) is 143 Å². The van der Waals surface area contributed by atoms with Crippen molar-refractivity contribution in [3.05, 3.63) is 24.3 Å². The van der Waals surface area contributed by atoms with Gasteiger partial charge in [-0.05, 0) is 73.8 Å². The molecular weight excluding hydrogens is 1020 g/mol. The first kappa shape index (κ1) is 54.0. The number of hydrogen-bond acceptors (Lipinski definition) is 19. The van der Waals surface area contributed by atoms with Crippen molar-refractivity contribution in [3.63, 3.8) is 0 Å². The number of carbonyl (C=O) groups is 1. The van der Waals surface area contributed by atoms with Gasteiger partial charge in [-0.25, -0.2) is 0 Å². The third kappa shape index (κ3) is 9.43. The Morgan fingerprint density at radius 2 is 1.18 bits per heavy atom. The quantitative estimate of drug-likeness (QED) is 0.251. The van der Waals surface area contributed by atoms with Gasteiger partial charge in [0.2, 0.25) is 0 Å². The molecule has 0 amide bonds. The van der Waals surface area contributed by atoms with Crippen molar-refractivity contribution in [1.29, 1.82) is 0 Å². The van der Waals surface area contributed by atoms with Crippen LogP contribution in [-0.2, 0) is 75.8 Å². The van der Waals surface area contributed by atoms with E-state index in [1.54, 1.807) is 0 Å². The normalized spacial score (nSPS) is 57.2. The Kier molecular flexibility index (Phi) is 13.8. The lowest BCUT2D eigenvalue weighted by atomic mass is 9.79. The molecular formula is C60H86O19. The molecule has 16 aliphatic heterocycles. The Labute approximate surface area is 463 Å². The maximum atomic E-state index is 14.6. The smallest absolute Gasteiger partial charge is 0.308 e. The van der Waals surface area contributed by atoms with Gasteiger partial charge in [0.25, 0.3) is 0 Å². The summed E-state index contributed by atoms with van der Waals surface area (Å²) in [6.45, 7) is 17.4. The van der Waals surface area contributed by atoms with Crippen LogP contribution in [-0.4, -0.2) is 198 Å². The summed E-state index contributed by atoms with van der Waals surface area (Å²) in [6.07, 6.45) is 2.17. The van der Waals surface area contributed by atoms with Gasteiger partial charge in [0, 0.05) is 70.1 Å². The molecule has 16 fully saturated rings. The lowest BCUT2D eigenvalue weighted by Crippen LogP contribution is -2.62. The SMILES string of the molecule is C=C1C[C@@H]2CC[C@]34C[C@@H]5O[C@@H]6[C@H](O[C@H]7CC[C@H](CC(=O)O[C@@H]8[C@H](C)[C@@H]9O[C@@H]%10C[C@]%11(C[C@@H]%12O[C@@]%13(C[C@H](C)[C@@H]%12O%11)C[C@H](C)[C@@H]%11O[C@@H]([C@@H](O)C[C@H](O)CO)C[C@H]%11O%13)O[C@@H]%10C[C@@H]9O[C@H]8C[C@@H]8O[C@H](CC[C@@H]1O2)C[C@H](C)C8=C)O[C@@H]7[C@H]6O3)[C@H]5O4. The van der Waals surface area contributed by atoms with E-state index in [-0.39, 0.29) is 146 Å². The van der Waals surface area contributed by atoms with Crippen LogP contribution in [0.15, 0.2) is 24.3 Å². The van der Waals surface area contributed by atoms with Gasteiger partial charge in [-0.3, -0.25) is 4.79 Å². The third-order valence-corrected chi connectivity index (χ3v) is 21.9. The first-order valence-electron chi connectivity index (χ1n) is 30.8. The fourth-order valence-electron chi connectivity index (χ4n) is 18.2. The summed E-state index contributed by atoms with van der Waals surface area (Å²) in [6, 6.07) is 0. The summed E-state index contributed by atoms with van der Waals surface area (Å²) in [5, 5.41) is 30.3. The zero-order valence-electron chi connectivity index (χ0n) is 46.5. The highest BCUT2D eigenvalue weighted by molar-refractivity contribution is 5.70. The molecule has 0 unspecified atom stereocenters. The maximum Gasteiger partial charge on any atom is 0.308 e. The van der Waals surface area contributed by atoms with Crippen molar-refractivity contribution in [3.8, 4) is 0 Å². The number of fused-ring (bicyclic) bond motifs is 10. The minimum atomic E-state index is -1.02. The molecule has 0 aromatic carbocycles. The van der Waals surface area contributed by atoms with Crippen molar-refractivity contribution in [2.24, 2.45) is 23.7 Å². The number of esters is 1. The highest BCUT2D eigenvalue weighted by Gasteiger charge is 2.70. The first-order valence-corrected chi connectivity index (χ1v) is 30.8. The van der Waals surface area contributed by atoms with Crippen LogP contribution in [0.4, 0.5) is 0 Å². The molecule has 16 aliphatic rings. The van der Waals surface area contributed by atoms with Crippen LogP contribution in [0.5, 0.6) is 0 Å². The predicted molar refractivity (Wildman–Crippen MR) is 274 cm³/mol. The molecule has 16 heterocycles. The van der Waals surface area contributed by atoms with Crippen molar-refractivity contribution in [1.82, 2.24) is 0 Å². The average molecular weight is 1110 g/mol. The largest absolute Gasteiger partial charge is 0.459 e. The zero-order chi connectivity index (χ0) is 54.0. The zero-order valence-corrected chi connectivity index (χ0v) is 46.5. The van der Waals surface area contributed by atoms with Gasteiger partial charge in [-0.15, -0.1) is 0 Å². The molecule has 0 aliphatic carbocycles. The fourth-order valence-corrected chi connectivity index (χ4v) is 18.2. The van der Waals surface area contributed by atoms with Gasteiger partial charge in [-0.1, -0.05) is 40.9 Å². The van der Waals surface area contributed by atoms with E-state index in [1.165, 1.54) is 0 Å². The van der Waals surface area contributed by atoms with E-state index in [1.807, 2.05) is 0 Å².